The van der Waals surface area contributed by atoms with Gasteiger partial charge in [-0.05, 0) is 54.4 Å². The van der Waals surface area contributed by atoms with Crippen molar-refractivity contribution in [3.05, 3.63) is 89.5 Å². The molecule has 0 spiro atoms. The first-order valence-corrected chi connectivity index (χ1v) is 15.3. The predicted molar refractivity (Wildman–Crippen MR) is 162 cm³/mol. The molecule has 3 aromatic rings. The summed E-state index contributed by atoms with van der Waals surface area (Å²) in [6.07, 6.45) is 1.61. The van der Waals surface area contributed by atoms with Crippen molar-refractivity contribution in [3.8, 4) is 0 Å². The number of nitrogens with zero attached hydrogens (tertiary/aromatic N) is 2. The molecule has 5 rings (SSSR count). The average molecular weight is 588 g/mol. The Bertz CT molecular complexity index is 1650. The molecule has 0 saturated carbocycles. The average Bonchev–Trinajstić information content (AvgIpc) is 3.33. The molecule has 1 fully saturated rings. The van der Waals surface area contributed by atoms with Crippen LogP contribution in [-0.2, 0) is 19.6 Å². The van der Waals surface area contributed by atoms with E-state index in [1.807, 2.05) is 37.3 Å². The second kappa shape index (κ2) is 12.2. The number of hydrogen-bond donors (Lipinski definition) is 3. The van der Waals surface area contributed by atoms with Crippen molar-refractivity contribution in [2.45, 2.75) is 24.7 Å². The molecule has 2 aliphatic rings. The lowest BCUT2D eigenvalue weighted by Gasteiger charge is -2.26. The molecule has 2 aliphatic heterocycles. The van der Waals surface area contributed by atoms with Gasteiger partial charge in [0.05, 0.1) is 22.7 Å². The fourth-order valence-electron chi connectivity index (χ4n) is 4.95. The first kappa shape index (κ1) is 29.0. The Morgan fingerprint density at radius 1 is 1.00 bits per heavy atom. The van der Waals surface area contributed by atoms with Crippen LogP contribution in [0.25, 0.3) is 11.3 Å². The number of anilines is 2. The lowest BCUT2D eigenvalue weighted by Crippen LogP contribution is -2.49. The summed E-state index contributed by atoms with van der Waals surface area (Å²) in [4.78, 5) is 39.6. The molecule has 0 aliphatic carbocycles. The minimum Gasteiger partial charge on any atom is -0.354 e. The van der Waals surface area contributed by atoms with Crippen LogP contribution in [0.5, 0.6) is 0 Å². The highest BCUT2D eigenvalue weighted by molar-refractivity contribution is 7.89. The summed E-state index contributed by atoms with van der Waals surface area (Å²) in [6, 6.07) is 20.8. The summed E-state index contributed by atoms with van der Waals surface area (Å²) >= 11 is 0. The predicted octanol–water partition coefficient (Wildman–Crippen LogP) is 3.61. The van der Waals surface area contributed by atoms with Crippen molar-refractivity contribution in [1.82, 2.24) is 14.5 Å². The first-order valence-electron chi connectivity index (χ1n) is 13.8. The fourth-order valence-corrected chi connectivity index (χ4v) is 6.19. The number of carbonyl (C=O) groups excluding carboxylic acids is 3. The van der Waals surface area contributed by atoms with Crippen LogP contribution in [0.3, 0.4) is 0 Å². The van der Waals surface area contributed by atoms with Gasteiger partial charge in [-0.15, -0.1) is 0 Å². The van der Waals surface area contributed by atoms with Gasteiger partial charge in [-0.2, -0.15) is 0 Å². The molecule has 218 valence electrons. The molecule has 3 N–H and O–H groups in total. The largest absolute Gasteiger partial charge is 0.354 e. The van der Waals surface area contributed by atoms with E-state index in [1.54, 1.807) is 43.4 Å². The molecule has 0 atom stereocenters. The van der Waals surface area contributed by atoms with E-state index in [4.69, 9.17) is 0 Å². The topological polar surface area (TPSA) is 128 Å². The van der Waals surface area contributed by atoms with Crippen molar-refractivity contribution in [1.29, 1.82) is 0 Å². The monoisotopic (exact) mass is 587 g/mol. The second-order valence-electron chi connectivity index (χ2n) is 10.2. The molecule has 1 saturated heterocycles. The maximum Gasteiger partial charge on any atom is 0.258 e. The van der Waals surface area contributed by atoms with Gasteiger partial charge in [-0.3, -0.25) is 14.4 Å². The van der Waals surface area contributed by atoms with Crippen LogP contribution < -0.4 is 16.0 Å². The molecule has 10 nitrogen and oxygen atoms in total. The first-order chi connectivity index (χ1) is 20.2. The van der Waals surface area contributed by atoms with E-state index >= 15 is 0 Å². The Kier molecular flexibility index (Phi) is 8.41. The number of carbonyl (C=O) groups is 3. The maximum absolute atomic E-state index is 13.4. The van der Waals surface area contributed by atoms with Crippen LogP contribution in [-0.4, -0.2) is 68.6 Å². The molecule has 0 radical (unpaired) electrons. The zero-order valence-electron chi connectivity index (χ0n) is 23.5. The van der Waals surface area contributed by atoms with Crippen LogP contribution in [0, 0.1) is 0 Å². The Morgan fingerprint density at radius 2 is 1.74 bits per heavy atom. The maximum atomic E-state index is 13.4. The third kappa shape index (κ3) is 5.93. The molecule has 0 unspecified atom stereocenters. The molecular formula is C31H33N5O5S. The van der Waals surface area contributed by atoms with E-state index in [0.717, 1.165) is 18.4 Å². The van der Waals surface area contributed by atoms with E-state index in [-0.39, 0.29) is 29.2 Å². The second-order valence-corrected chi connectivity index (χ2v) is 12.3. The molecule has 2 heterocycles. The number of rotatable bonds is 9. The number of benzene rings is 3. The van der Waals surface area contributed by atoms with Gasteiger partial charge in [0.1, 0.15) is 0 Å². The van der Waals surface area contributed by atoms with E-state index in [1.165, 1.54) is 15.3 Å². The van der Waals surface area contributed by atoms with Gasteiger partial charge < -0.3 is 20.9 Å². The SMILES string of the molecule is CCCCN(C)S(=O)(=O)c1ccc2c(c1)/C(=C(/Nc1ccc(C(=O)N3CCNC(=O)C3)cc1)c1ccccc1)C(=O)N2. The minimum atomic E-state index is -3.76. The summed E-state index contributed by atoms with van der Waals surface area (Å²) in [7, 11) is -2.20. The quantitative estimate of drug-likeness (QED) is 0.328. The van der Waals surface area contributed by atoms with Gasteiger partial charge in [-0.25, -0.2) is 12.7 Å². The number of hydrogen-bond acceptors (Lipinski definition) is 6. The van der Waals surface area contributed by atoms with Gasteiger partial charge in [0.15, 0.2) is 0 Å². The van der Waals surface area contributed by atoms with Gasteiger partial charge in [0.2, 0.25) is 15.9 Å². The van der Waals surface area contributed by atoms with Gasteiger partial charge in [0, 0.05) is 49.2 Å². The van der Waals surface area contributed by atoms with Crippen molar-refractivity contribution >= 4 is 50.4 Å². The number of sulfonamides is 1. The van der Waals surface area contributed by atoms with E-state index in [9.17, 15) is 22.8 Å². The van der Waals surface area contributed by atoms with Crippen LogP contribution in [0.15, 0.2) is 77.7 Å². The van der Waals surface area contributed by atoms with E-state index in [0.29, 0.717) is 53.4 Å². The number of unbranched alkanes of at least 4 members (excludes halogenated alkanes) is 1. The minimum absolute atomic E-state index is 0.0176. The highest BCUT2D eigenvalue weighted by Gasteiger charge is 2.31. The van der Waals surface area contributed by atoms with Crippen LogP contribution >= 0.6 is 0 Å². The number of piperazine rings is 1. The highest BCUT2D eigenvalue weighted by atomic mass is 32.2. The standard InChI is InChI=1S/C31H33N5O5S/c1-3-4-17-35(2)42(40,41)24-14-15-26-25(19-24)28(30(38)34-26)29(21-8-6-5-7-9-21)33-23-12-10-22(11-13-23)31(39)36-18-16-32-27(37)20-36/h5-15,19,33H,3-4,16-18,20H2,1-2H3,(H,32,37)(H,34,38)/b29-28-. The van der Waals surface area contributed by atoms with Gasteiger partial charge in [-0.1, -0.05) is 43.7 Å². The third-order valence-electron chi connectivity index (χ3n) is 7.31. The third-order valence-corrected chi connectivity index (χ3v) is 9.16. The number of amides is 3. The molecule has 0 bridgehead atoms. The molecule has 0 aromatic heterocycles. The lowest BCUT2D eigenvalue weighted by molar-refractivity contribution is -0.123. The van der Waals surface area contributed by atoms with Gasteiger partial charge in [0.25, 0.3) is 11.8 Å². The molecule has 11 heteroatoms. The van der Waals surface area contributed by atoms with E-state index in [2.05, 4.69) is 16.0 Å². The Balaban J connectivity index is 1.51. The smallest absolute Gasteiger partial charge is 0.258 e. The Labute approximate surface area is 245 Å². The van der Waals surface area contributed by atoms with Crippen LogP contribution in [0.2, 0.25) is 0 Å². The molecule has 42 heavy (non-hydrogen) atoms. The summed E-state index contributed by atoms with van der Waals surface area (Å²) in [5, 5.41) is 8.91. The lowest BCUT2D eigenvalue weighted by atomic mass is 10.00. The van der Waals surface area contributed by atoms with Crippen molar-refractivity contribution in [3.63, 3.8) is 0 Å². The normalized spacial score (nSPS) is 16.1. The Morgan fingerprint density at radius 3 is 2.43 bits per heavy atom. The fraction of sp³-hybridized carbons (Fsp3) is 0.258. The van der Waals surface area contributed by atoms with Crippen LogP contribution in [0.4, 0.5) is 11.4 Å². The number of fused-ring (bicyclic) bond motifs is 1. The van der Waals surface area contributed by atoms with Crippen molar-refractivity contribution in [2.24, 2.45) is 0 Å². The van der Waals surface area contributed by atoms with Crippen molar-refractivity contribution < 1.29 is 22.8 Å². The van der Waals surface area contributed by atoms with Gasteiger partial charge >= 0.3 is 0 Å². The molecule has 3 aromatic carbocycles. The van der Waals surface area contributed by atoms with Crippen LogP contribution in [0.1, 0.15) is 41.3 Å². The summed E-state index contributed by atoms with van der Waals surface area (Å²) in [5.74, 6) is -0.786. The summed E-state index contributed by atoms with van der Waals surface area (Å²) < 4.78 is 28.0. The zero-order chi connectivity index (χ0) is 29.9. The summed E-state index contributed by atoms with van der Waals surface area (Å²) in [5.41, 5.74) is 3.59. The molecular weight excluding hydrogens is 554 g/mol. The highest BCUT2D eigenvalue weighted by Crippen LogP contribution is 2.39. The zero-order valence-corrected chi connectivity index (χ0v) is 24.3. The summed E-state index contributed by atoms with van der Waals surface area (Å²) in [6.45, 7) is 3.28. The number of nitrogens with one attached hydrogen (secondary N) is 3. The van der Waals surface area contributed by atoms with E-state index < -0.39 is 10.0 Å². The Hall–Kier alpha value is -4.48. The molecule has 3 amide bonds. The van der Waals surface area contributed by atoms with Crippen molar-refractivity contribution in [2.75, 3.05) is 43.9 Å².